The van der Waals surface area contributed by atoms with Crippen LogP contribution in [0.2, 0.25) is 0 Å². The predicted molar refractivity (Wildman–Crippen MR) is 106 cm³/mol. The van der Waals surface area contributed by atoms with Crippen LogP contribution in [-0.4, -0.2) is 49.8 Å². The Morgan fingerprint density at radius 3 is 2.29 bits per heavy atom. The van der Waals surface area contributed by atoms with Gasteiger partial charge in [-0.1, -0.05) is 17.7 Å². The Morgan fingerprint density at radius 1 is 1.11 bits per heavy atom. The number of aromatic nitrogens is 1. The minimum absolute atomic E-state index is 0.0369. The lowest BCUT2D eigenvalue weighted by atomic mass is 10.2. The highest BCUT2D eigenvalue weighted by atomic mass is 32.2. The highest BCUT2D eigenvalue weighted by Crippen LogP contribution is 2.27. The van der Waals surface area contributed by atoms with Crippen molar-refractivity contribution >= 4 is 27.6 Å². The Labute approximate surface area is 164 Å². The number of nitrogens with zero attached hydrogens (tertiary/aromatic N) is 1. The molecule has 0 radical (unpaired) electrons. The first-order valence-corrected chi connectivity index (χ1v) is 10.2. The van der Waals surface area contributed by atoms with Gasteiger partial charge in [0.1, 0.15) is 10.5 Å². The number of likely N-dealkylation sites (N-methyl/N-ethyl adjacent to an activating group) is 1. The molecule has 0 spiro atoms. The third-order valence-electron chi connectivity index (χ3n) is 4.17. The number of nitrogens with one attached hydrogen (secondary N) is 2. The molecule has 0 aliphatic rings. The average Bonchev–Trinajstić information content (AvgIpc) is 2.91. The van der Waals surface area contributed by atoms with Crippen molar-refractivity contribution in [2.45, 2.75) is 32.6 Å². The van der Waals surface area contributed by atoms with Gasteiger partial charge in [-0.3, -0.25) is 4.79 Å². The number of carbonyl (C=O) groups is 2. The first kappa shape index (κ1) is 21.6. The van der Waals surface area contributed by atoms with Gasteiger partial charge in [0.2, 0.25) is 15.9 Å². The number of esters is 1. The van der Waals surface area contributed by atoms with Crippen molar-refractivity contribution in [2.24, 2.45) is 0 Å². The SMILES string of the molecule is CCOC(=O)c1c(C)[nH]c(C)c1S(=O)(=O)N(C)CC(=O)Nc1ccc(C)cc1. The normalized spacial score (nSPS) is 11.5. The summed E-state index contributed by atoms with van der Waals surface area (Å²) in [4.78, 5) is 27.2. The number of aromatic amines is 1. The topological polar surface area (TPSA) is 109 Å². The van der Waals surface area contributed by atoms with Gasteiger partial charge in [-0.2, -0.15) is 4.31 Å². The number of H-pyrrole nitrogens is 1. The lowest BCUT2D eigenvalue weighted by Gasteiger charge is -2.18. The maximum atomic E-state index is 13.0. The Kier molecular flexibility index (Phi) is 6.63. The molecular formula is C19H25N3O5S. The summed E-state index contributed by atoms with van der Waals surface area (Å²) in [5.41, 5.74) is 2.29. The second-order valence-corrected chi connectivity index (χ2v) is 8.46. The number of amides is 1. The van der Waals surface area contributed by atoms with Crippen LogP contribution < -0.4 is 5.32 Å². The molecular weight excluding hydrogens is 382 g/mol. The molecule has 0 saturated carbocycles. The number of ether oxygens (including phenoxy) is 1. The molecule has 1 heterocycles. The Balaban J connectivity index is 2.25. The number of anilines is 1. The third kappa shape index (κ3) is 4.60. The fourth-order valence-electron chi connectivity index (χ4n) is 2.81. The number of carbonyl (C=O) groups excluding carboxylic acids is 2. The molecule has 9 heteroatoms. The van der Waals surface area contributed by atoms with Crippen LogP contribution in [0.4, 0.5) is 5.69 Å². The molecule has 1 aromatic carbocycles. The van der Waals surface area contributed by atoms with Gasteiger partial charge >= 0.3 is 5.97 Å². The number of rotatable bonds is 7. The number of hydrogen-bond acceptors (Lipinski definition) is 5. The van der Waals surface area contributed by atoms with Crippen LogP contribution in [0.15, 0.2) is 29.2 Å². The molecule has 1 aromatic heterocycles. The zero-order valence-electron chi connectivity index (χ0n) is 16.6. The van der Waals surface area contributed by atoms with E-state index < -0.39 is 28.4 Å². The van der Waals surface area contributed by atoms with E-state index in [0.29, 0.717) is 17.1 Å². The summed E-state index contributed by atoms with van der Waals surface area (Å²) in [5, 5.41) is 2.66. The zero-order chi connectivity index (χ0) is 21.1. The first-order chi connectivity index (χ1) is 13.1. The van der Waals surface area contributed by atoms with E-state index >= 15 is 0 Å². The van der Waals surface area contributed by atoms with E-state index in [-0.39, 0.29) is 17.1 Å². The predicted octanol–water partition coefficient (Wildman–Crippen LogP) is 2.38. The number of sulfonamides is 1. The monoisotopic (exact) mass is 407 g/mol. The minimum Gasteiger partial charge on any atom is -0.462 e. The summed E-state index contributed by atoms with van der Waals surface area (Å²) < 4.78 is 32.0. The summed E-state index contributed by atoms with van der Waals surface area (Å²) in [6.07, 6.45) is 0. The molecule has 0 unspecified atom stereocenters. The summed E-state index contributed by atoms with van der Waals surface area (Å²) in [7, 11) is -2.80. The fourth-order valence-corrected chi connectivity index (χ4v) is 4.34. The van der Waals surface area contributed by atoms with E-state index in [9.17, 15) is 18.0 Å². The van der Waals surface area contributed by atoms with Crippen molar-refractivity contribution in [3.63, 3.8) is 0 Å². The van der Waals surface area contributed by atoms with Crippen molar-refractivity contribution in [1.29, 1.82) is 0 Å². The van der Waals surface area contributed by atoms with E-state index in [4.69, 9.17) is 4.74 Å². The number of aryl methyl sites for hydroxylation is 3. The van der Waals surface area contributed by atoms with Crippen LogP contribution >= 0.6 is 0 Å². The fraction of sp³-hybridized carbons (Fsp3) is 0.368. The Morgan fingerprint density at radius 2 is 1.71 bits per heavy atom. The molecule has 28 heavy (non-hydrogen) atoms. The van der Waals surface area contributed by atoms with Crippen molar-refractivity contribution in [3.8, 4) is 0 Å². The van der Waals surface area contributed by atoms with Crippen LogP contribution in [0.3, 0.4) is 0 Å². The molecule has 0 atom stereocenters. The zero-order valence-corrected chi connectivity index (χ0v) is 17.4. The molecule has 0 fully saturated rings. The largest absolute Gasteiger partial charge is 0.462 e. The minimum atomic E-state index is -4.10. The highest BCUT2D eigenvalue weighted by Gasteiger charge is 2.33. The second-order valence-electron chi connectivity index (χ2n) is 6.47. The molecule has 2 aromatic rings. The quantitative estimate of drug-likeness (QED) is 0.685. The maximum absolute atomic E-state index is 13.0. The molecule has 0 aliphatic heterocycles. The molecule has 1 amide bonds. The van der Waals surface area contributed by atoms with Crippen LogP contribution in [0.1, 0.15) is 34.2 Å². The van der Waals surface area contributed by atoms with Crippen LogP contribution in [0.5, 0.6) is 0 Å². The van der Waals surface area contributed by atoms with Crippen LogP contribution in [-0.2, 0) is 19.6 Å². The third-order valence-corrected chi connectivity index (χ3v) is 6.14. The van der Waals surface area contributed by atoms with Gasteiger partial charge in [0.25, 0.3) is 0 Å². The van der Waals surface area contributed by atoms with E-state index in [0.717, 1.165) is 9.87 Å². The average molecular weight is 407 g/mol. The smallest absolute Gasteiger partial charge is 0.341 e. The summed E-state index contributed by atoms with van der Waals surface area (Å²) in [5.74, 6) is -1.21. The summed E-state index contributed by atoms with van der Waals surface area (Å²) >= 11 is 0. The molecule has 2 rings (SSSR count). The maximum Gasteiger partial charge on any atom is 0.341 e. The molecule has 2 N–H and O–H groups in total. The molecule has 0 saturated heterocycles. The molecule has 0 aliphatic carbocycles. The van der Waals surface area contributed by atoms with Crippen molar-refractivity contribution in [3.05, 3.63) is 46.8 Å². The summed E-state index contributed by atoms with van der Waals surface area (Å²) in [6.45, 7) is 6.45. The number of benzene rings is 1. The van der Waals surface area contributed by atoms with E-state index in [1.165, 1.54) is 7.05 Å². The Hall–Kier alpha value is -2.65. The molecule has 152 valence electrons. The van der Waals surface area contributed by atoms with Crippen LogP contribution in [0.25, 0.3) is 0 Å². The van der Waals surface area contributed by atoms with Gasteiger partial charge in [-0.15, -0.1) is 0 Å². The van der Waals surface area contributed by atoms with Gasteiger partial charge in [0.05, 0.1) is 13.2 Å². The molecule has 8 nitrogen and oxygen atoms in total. The van der Waals surface area contributed by atoms with Crippen LogP contribution in [0, 0.1) is 20.8 Å². The van der Waals surface area contributed by atoms with Crippen molar-refractivity contribution in [1.82, 2.24) is 9.29 Å². The van der Waals surface area contributed by atoms with Gasteiger partial charge < -0.3 is 15.0 Å². The van der Waals surface area contributed by atoms with Gasteiger partial charge in [-0.25, -0.2) is 13.2 Å². The Bertz CT molecular complexity index is 978. The van der Waals surface area contributed by atoms with Gasteiger partial charge in [0.15, 0.2) is 0 Å². The van der Waals surface area contributed by atoms with Gasteiger partial charge in [0, 0.05) is 24.1 Å². The summed E-state index contributed by atoms with van der Waals surface area (Å²) in [6, 6.07) is 7.15. The van der Waals surface area contributed by atoms with E-state index in [1.54, 1.807) is 32.9 Å². The molecule has 0 bridgehead atoms. The second kappa shape index (κ2) is 8.57. The standard InChI is InChI=1S/C19H25N3O5S/c1-6-27-19(24)17-13(3)20-14(4)18(17)28(25,26)22(5)11-16(23)21-15-9-7-12(2)8-10-15/h7-10,20H,6,11H2,1-5H3,(H,21,23). The number of hydrogen-bond donors (Lipinski definition) is 2. The van der Waals surface area contributed by atoms with E-state index in [1.807, 2.05) is 19.1 Å². The highest BCUT2D eigenvalue weighted by molar-refractivity contribution is 7.89. The van der Waals surface area contributed by atoms with E-state index in [2.05, 4.69) is 10.3 Å². The lowest BCUT2D eigenvalue weighted by Crippen LogP contribution is -2.35. The van der Waals surface area contributed by atoms with Gasteiger partial charge in [-0.05, 0) is 39.8 Å². The van der Waals surface area contributed by atoms with Crippen molar-refractivity contribution in [2.75, 3.05) is 25.5 Å². The van der Waals surface area contributed by atoms with Crippen molar-refractivity contribution < 1.29 is 22.7 Å². The first-order valence-electron chi connectivity index (χ1n) is 8.77. The lowest BCUT2D eigenvalue weighted by molar-refractivity contribution is -0.116.